The van der Waals surface area contributed by atoms with Gasteiger partial charge in [-0.15, -0.1) is 11.3 Å². The van der Waals surface area contributed by atoms with E-state index in [4.69, 9.17) is 4.74 Å². The first-order chi connectivity index (χ1) is 11.5. The van der Waals surface area contributed by atoms with Crippen LogP contribution in [-0.2, 0) is 16.1 Å². The van der Waals surface area contributed by atoms with E-state index < -0.39 is 0 Å². The fourth-order valence-corrected chi connectivity index (χ4v) is 4.92. The van der Waals surface area contributed by atoms with Crippen LogP contribution in [0.3, 0.4) is 0 Å². The van der Waals surface area contributed by atoms with E-state index in [1.807, 2.05) is 25.4 Å². The van der Waals surface area contributed by atoms with E-state index in [-0.39, 0.29) is 11.5 Å². The van der Waals surface area contributed by atoms with Crippen LogP contribution in [0.1, 0.15) is 41.9 Å². The summed E-state index contributed by atoms with van der Waals surface area (Å²) in [5.74, 6) is 0.739. The Kier molecular flexibility index (Phi) is 5.63. The predicted molar refractivity (Wildman–Crippen MR) is 98.3 cm³/mol. The summed E-state index contributed by atoms with van der Waals surface area (Å²) in [6.45, 7) is 6.26. The summed E-state index contributed by atoms with van der Waals surface area (Å²) in [5, 5.41) is 0. The lowest BCUT2D eigenvalue weighted by Gasteiger charge is -2.46. The summed E-state index contributed by atoms with van der Waals surface area (Å²) in [7, 11) is 3.70. The maximum absolute atomic E-state index is 12.0. The molecular formula is C19H30N2O2S. The van der Waals surface area contributed by atoms with Gasteiger partial charge in [0, 0.05) is 56.5 Å². The van der Waals surface area contributed by atoms with E-state index in [9.17, 15) is 4.79 Å². The number of carbonyl (C=O) groups excluding carboxylic acids is 1. The van der Waals surface area contributed by atoms with Crippen LogP contribution in [-0.4, -0.2) is 55.1 Å². The van der Waals surface area contributed by atoms with E-state index in [2.05, 4.69) is 24.0 Å². The van der Waals surface area contributed by atoms with Gasteiger partial charge in [-0.25, -0.2) is 0 Å². The standard InChI is InChI=1S/C19H30N2O2S/c1-15-4-5-17(24-15)14-21-9-7-19(8-10-21)13-16(6-11-23-19)12-18(22)20(2)3/h4-5,16H,6-14H2,1-3H3. The molecule has 0 N–H and O–H groups in total. The molecule has 0 aliphatic carbocycles. The summed E-state index contributed by atoms with van der Waals surface area (Å²) in [4.78, 5) is 19.1. The van der Waals surface area contributed by atoms with Gasteiger partial charge in [0.2, 0.25) is 5.91 Å². The Morgan fingerprint density at radius 1 is 1.38 bits per heavy atom. The second-order valence-electron chi connectivity index (χ2n) is 7.67. The highest BCUT2D eigenvalue weighted by molar-refractivity contribution is 7.11. The molecule has 3 heterocycles. The summed E-state index contributed by atoms with van der Waals surface area (Å²) in [6, 6.07) is 4.46. The molecule has 3 rings (SSSR count). The molecule has 2 aliphatic rings. The molecule has 5 heteroatoms. The highest BCUT2D eigenvalue weighted by Crippen LogP contribution is 2.39. The summed E-state index contributed by atoms with van der Waals surface area (Å²) < 4.78 is 6.23. The summed E-state index contributed by atoms with van der Waals surface area (Å²) in [6.07, 6.45) is 4.96. The third kappa shape index (κ3) is 4.38. The van der Waals surface area contributed by atoms with Crippen molar-refractivity contribution in [2.24, 2.45) is 5.92 Å². The van der Waals surface area contributed by atoms with Gasteiger partial charge in [0.25, 0.3) is 0 Å². The smallest absolute Gasteiger partial charge is 0.222 e. The van der Waals surface area contributed by atoms with E-state index in [1.54, 1.807) is 4.90 Å². The Labute approximate surface area is 149 Å². The lowest BCUT2D eigenvalue weighted by Crippen LogP contribution is -2.49. The number of carbonyl (C=O) groups is 1. The lowest BCUT2D eigenvalue weighted by atomic mass is 9.78. The van der Waals surface area contributed by atoms with Crippen molar-refractivity contribution in [3.05, 3.63) is 21.9 Å². The molecule has 1 spiro atoms. The first kappa shape index (κ1) is 17.9. The number of likely N-dealkylation sites (tertiary alicyclic amines) is 1. The topological polar surface area (TPSA) is 32.8 Å². The van der Waals surface area contributed by atoms with E-state index in [0.29, 0.717) is 12.3 Å². The molecule has 1 atom stereocenters. The number of aryl methyl sites for hydroxylation is 1. The molecule has 134 valence electrons. The Balaban J connectivity index is 1.51. The second-order valence-corrected chi connectivity index (χ2v) is 9.04. The molecule has 2 saturated heterocycles. The van der Waals surface area contributed by atoms with Crippen LogP contribution >= 0.6 is 11.3 Å². The van der Waals surface area contributed by atoms with Gasteiger partial charge in [0.1, 0.15) is 0 Å². The number of thiophene rings is 1. The minimum atomic E-state index is 0.0252. The van der Waals surface area contributed by atoms with E-state index in [1.165, 1.54) is 9.75 Å². The Bertz CT molecular complexity index is 561. The fraction of sp³-hybridized carbons (Fsp3) is 0.737. The summed E-state index contributed by atoms with van der Waals surface area (Å²) >= 11 is 1.90. The van der Waals surface area contributed by atoms with Crippen molar-refractivity contribution in [3.63, 3.8) is 0 Å². The quantitative estimate of drug-likeness (QED) is 0.835. The third-order valence-electron chi connectivity index (χ3n) is 5.50. The molecule has 0 saturated carbocycles. The van der Waals surface area contributed by atoms with E-state index in [0.717, 1.165) is 51.9 Å². The van der Waals surface area contributed by atoms with Crippen LogP contribution in [0.5, 0.6) is 0 Å². The third-order valence-corrected chi connectivity index (χ3v) is 6.49. The zero-order chi connectivity index (χ0) is 17.2. The van der Waals surface area contributed by atoms with Gasteiger partial charge in [-0.05, 0) is 50.7 Å². The molecule has 1 amide bonds. The minimum Gasteiger partial charge on any atom is -0.375 e. The summed E-state index contributed by atoms with van der Waals surface area (Å²) in [5.41, 5.74) is 0.0252. The van der Waals surface area contributed by atoms with Crippen LogP contribution in [0.25, 0.3) is 0 Å². The Morgan fingerprint density at radius 3 is 2.75 bits per heavy atom. The van der Waals surface area contributed by atoms with Gasteiger partial charge >= 0.3 is 0 Å². The zero-order valence-electron chi connectivity index (χ0n) is 15.2. The average molecular weight is 351 g/mol. The molecule has 2 aliphatic heterocycles. The normalized spacial score (nSPS) is 24.2. The van der Waals surface area contributed by atoms with Crippen LogP contribution < -0.4 is 0 Å². The molecule has 1 aromatic rings. The number of hydrogen-bond donors (Lipinski definition) is 0. The molecule has 2 fully saturated rings. The lowest BCUT2D eigenvalue weighted by molar-refractivity contribution is -0.140. The number of piperidine rings is 1. The number of rotatable bonds is 4. The first-order valence-electron chi connectivity index (χ1n) is 9.08. The van der Waals surface area contributed by atoms with Crippen molar-refractivity contribution in [2.45, 2.75) is 51.2 Å². The molecule has 1 unspecified atom stereocenters. The average Bonchev–Trinajstić information content (AvgIpc) is 2.95. The van der Waals surface area contributed by atoms with Crippen LogP contribution in [0.4, 0.5) is 0 Å². The molecule has 0 aromatic carbocycles. The van der Waals surface area contributed by atoms with Gasteiger partial charge in [-0.2, -0.15) is 0 Å². The maximum atomic E-state index is 12.0. The van der Waals surface area contributed by atoms with E-state index >= 15 is 0 Å². The molecule has 0 radical (unpaired) electrons. The van der Waals surface area contributed by atoms with Gasteiger partial charge < -0.3 is 9.64 Å². The minimum absolute atomic E-state index is 0.0252. The molecule has 1 aromatic heterocycles. The Morgan fingerprint density at radius 2 is 2.12 bits per heavy atom. The maximum Gasteiger partial charge on any atom is 0.222 e. The molecular weight excluding hydrogens is 320 g/mol. The van der Waals surface area contributed by atoms with Crippen LogP contribution in [0, 0.1) is 12.8 Å². The van der Waals surface area contributed by atoms with Gasteiger partial charge in [-0.3, -0.25) is 9.69 Å². The second kappa shape index (κ2) is 7.54. The van der Waals surface area contributed by atoms with Crippen LogP contribution in [0.2, 0.25) is 0 Å². The van der Waals surface area contributed by atoms with Crippen molar-refractivity contribution in [1.29, 1.82) is 0 Å². The highest BCUT2D eigenvalue weighted by atomic mass is 32.1. The Hall–Kier alpha value is -0.910. The zero-order valence-corrected chi connectivity index (χ0v) is 16.0. The SMILES string of the molecule is Cc1ccc(CN2CCC3(CC2)CC(CC(=O)N(C)C)CCO3)s1. The molecule has 24 heavy (non-hydrogen) atoms. The first-order valence-corrected chi connectivity index (χ1v) is 9.89. The van der Waals surface area contributed by atoms with Crippen LogP contribution in [0.15, 0.2) is 12.1 Å². The fourth-order valence-electron chi connectivity index (χ4n) is 3.99. The van der Waals surface area contributed by atoms with Crippen molar-refractivity contribution in [3.8, 4) is 0 Å². The monoisotopic (exact) mass is 350 g/mol. The predicted octanol–water partition coefficient (Wildman–Crippen LogP) is 3.30. The number of ether oxygens (including phenoxy) is 1. The number of amides is 1. The van der Waals surface area contributed by atoms with Gasteiger partial charge in [-0.1, -0.05) is 0 Å². The number of nitrogens with zero attached hydrogens (tertiary/aromatic N) is 2. The largest absolute Gasteiger partial charge is 0.375 e. The highest BCUT2D eigenvalue weighted by Gasteiger charge is 2.40. The van der Waals surface area contributed by atoms with Crippen molar-refractivity contribution in [1.82, 2.24) is 9.80 Å². The van der Waals surface area contributed by atoms with Gasteiger partial charge in [0.15, 0.2) is 0 Å². The molecule has 4 nitrogen and oxygen atoms in total. The molecule has 0 bridgehead atoms. The van der Waals surface area contributed by atoms with Crippen molar-refractivity contribution >= 4 is 17.2 Å². The number of hydrogen-bond acceptors (Lipinski definition) is 4. The van der Waals surface area contributed by atoms with Gasteiger partial charge in [0.05, 0.1) is 5.60 Å². The van der Waals surface area contributed by atoms with Crippen molar-refractivity contribution in [2.75, 3.05) is 33.8 Å². The van der Waals surface area contributed by atoms with Crippen molar-refractivity contribution < 1.29 is 9.53 Å².